The van der Waals surface area contributed by atoms with Crippen molar-refractivity contribution in [2.45, 2.75) is 0 Å². The van der Waals surface area contributed by atoms with E-state index in [4.69, 9.17) is 8.97 Å². The summed E-state index contributed by atoms with van der Waals surface area (Å²) >= 11 is 0. The molecular weight excluding hydrogens is 324 g/mol. The molecule has 0 bridgehead atoms. The van der Waals surface area contributed by atoms with Crippen LogP contribution in [0.25, 0.3) is 22.1 Å². The molecule has 3 aromatic rings. The van der Waals surface area contributed by atoms with Crippen LogP contribution in [-0.4, -0.2) is 18.1 Å². The van der Waals surface area contributed by atoms with Gasteiger partial charge in [0, 0.05) is 6.07 Å². The SMILES string of the molecule is O=c1c(-c2ccc(OS(=O)(=O)O)cc2)coc2cc(O)ccc12. The Labute approximate surface area is 130 Å². The minimum Gasteiger partial charge on any atom is -0.508 e. The van der Waals surface area contributed by atoms with Crippen LogP contribution in [0.1, 0.15) is 0 Å². The number of rotatable bonds is 3. The fraction of sp³-hybridized carbons (Fsp3) is 0. The Morgan fingerprint density at radius 1 is 1.04 bits per heavy atom. The van der Waals surface area contributed by atoms with Crippen molar-refractivity contribution in [3.63, 3.8) is 0 Å². The molecule has 0 aliphatic rings. The summed E-state index contributed by atoms with van der Waals surface area (Å²) in [6.45, 7) is 0. The molecule has 0 spiro atoms. The summed E-state index contributed by atoms with van der Waals surface area (Å²) in [6.07, 6.45) is 1.25. The molecule has 3 rings (SSSR count). The number of fused-ring (bicyclic) bond motifs is 1. The summed E-state index contributed by atoms with van der Waals surface area (Å²) in [5, 5.41) is 9.69. The number of phenols is 1. The first-order valence-electron chi connectivity index (χ1n) is 6.35. The Hall–Kier alpha value is -2.84. The molecule has 0 saturated carbocycles. The Morgan fingerprint density at radius 3 is 2.39 bits per heavy atom. The molecule has 1 heterocycles. The molecule has 23 heavy (non-hydrogen) atoms. The summed E-state index contributed by atoms with van der Waals surface area (Å²) in [4.78, 5) is 12.4. The maximum absolute atomic E-state index is 12.4. The van der Waals surface area contributed by atoms with Gasteiger partial charge in [-0.3, -0.25) is 9.35 Å². The van der Waals surface area contributed by atoms with Crippen LogP contribution in [-0.2, 0) is 10.4 Å². The average Bonchev–Trinajstić information content (AvgIpc) is 2.47. The van der Waals surface area contributed by atoms with Crippen molar-refractivity contribution in [1.29, 1.82) is 0 Å². The minimum atomic E-state index is -4.60. The summed E-state index contributed by atoms with van der Waals surface area (Å²) < 4.78 is 39.5. The Balaban J connectivity index is 2.05. The third kappa shape index (κ3) is 3.17. The van der Waals surface area contributed by atoms with Crippen LogP contribution in [0.15, 0.2) is 57.9 Å². The maximum atomic E-state index is 12.4. The largest absolute Gasteiger partial charge is 0.508 e. The zero-order valence-corrected chi connectivity index (χ0v) is 12.3. The predicted molar refractivity (Wildman–Crippen MR) is 81.8 cm³/mol. The van der Waals surface area contributed by atoms with Crippen molar-refractivity contribution in [3.05, 3.63) is 59.0 Å². The van der Waals surface area contributed by atoms with Gasteiger partial charge in [-0.15, -0.1) is 0 Å². The number of hydrogen-bond donors (Lipinski definition) is 2. The van der Waals surface area contributed by atoms with E-state index in [0.717, 1.165) is 0 Å². The van der Waals surface area contributed by atoms with E-state index in [1.807, 2.05) is 0 Å². The van der Waals surface area contributed by atoms with Crippen LogP contribution in [0.4, 0.5) is 0 Å². The lowest BCUT2D eigenvalue weighted by Crippen LogP contribution is -2.07. The van der Waals surface area contributed by atoms with Gasteiger partial charge in [0.15, 0.2) is 5.43 Å². The highest BCUT2D eigenvalue weighted by atomic mass is 32.3. The molecule has 118 valence electrons. The summed E-state index contributed by atoms with van der Waals surface area (Å²) in [5.41, 5.74) is 0.706. The molecule has 1 aromatic heterocycles. The summed E-state index contributed by atoms with van der Waals surface area (Å²) in [5.74, 6) is -0.105. The second-order valence-corrected chi connectivity index (χ2v) is 5.72. The number of aromatic hydroxyl groups is 1. The van der Waals surface area contributed by atoms with Gasteiger partial charge in [-0.25, -0.2) is 0 Å². The van der Waals surface area contributed by atoms with Gasteiger partial charge in [0.25, 0.3) is 0 Å². The maximum Gasteiger partial charge on any atom is 0.446 e. The molecule has 0 unspecified atom stereocenters. The topological polar surface area (TPSA) is 114 Å². The lowest BCUT2D eigenvalue weighted by Gasteiger charge is -2.05. The molecule has 0 aliphatic carbocycles. The van der Waals surface area contributed by atoms with Crippen LogP contribution in [0.2, 0.25) is 0 Å². The number of phenolic OH excluding ortho intramolecular Hbond substituents is 1. The first kappa shape index (κ1) is 15.1. The van der Waals surface area contributed by atoms with E-state index < -0.39 is 10.4 Å². The van der Waals surface area contributed by atoms with Crippen molar-refractivity contribution in [3.8, 4) is 22.6 Å². The smallest absolute Gasteiger partial charge is 0.446 e. The van der Waals surface area contributed by atoms with Gasteiger partial charge in [0.2, 0.25) is 0 Å². The highest BCUT2D eigenvalue weighted by Crippen LogP contribution is 2.24. The molecule has 2 aromatic carbocycles. The Kier molecular flexibility index (Phi) is 3.55. The molecule has 2 N–H and O–H groups in total. The fourth-order valence-electron chi connectivity index (χ4n) is 2.13. The van der Waals surface area contributed by atoms with Gasteiger partial charge in [-0.1, -0.05) is 12.1 Å². The summed E-state index contributed by atoms with van der Waals surface area (Å²) in [6, 6.07) is 9.68. The van der Waals surface area contributed by atoms with E-state index in [0.29, 0.717) is 10.9 Å². The van der Waals surface area contributed by atoms with Crippen LogP contribution < -0.4 is 9.61 Å². The van der Waals surface area contributed by atoms with Gasteiger partial charge >= 0.3 is 10.4 Å². The summed E-state index contributed by atoms with van der Waals surface area (Å²) in [7, 11) is -4.60. The fourth-order valence-corrected chi connectivity index (χ4v) is 2.48. The zero-order chi connectivity index (χ0) is 16.6. The molecule has 7 nitrogen and oxygen atoms in total. The number of hydrogen-bond acceptors (Lipinski definition) is 6. The quantitative estimate of drug-likeness (QED) is 0.707. The highest BCUT2D eigenvalue weighted by Gasteiger charge is 2.11. The van der Waals surface area contributed by atoms with Crippen LogP contribution >= 0.6 is 0 Å². The minimum absolute atomic E-state index is 0.0138. The van der Waals surface area contributed by atoms with Crippen LogP contribution in [0.3, 0.4) is 0 Å². The monoisotopic (exact) mass is 334 g/mol. The molecular formula is C15H10O7S. The van der Waals surface area contributed by atoms with E-state index in [1.165, 1.54) is 48.7 Å². The first-order chi connectivity index (χ1) is 10.8. The van der Waals surface area contributed by atoms with Crippen LogP contribution in [0, 0.1) is 0 Å². The normalized spacial score (nSPS) is 11.5. The predicted octanol–water partition coefficient (Wildman–Crippen LogP) is 2.35. The van der Waals surface area contributed by atoms with Crippen LogP contribution in [0.5, 0.6) is 11.5 Å². The molecule has 0 fully saturated rings. The van der Waals surface area contributed by atoms with Gasteiger partial charge < -0.3 is 13.7 Å². The van der Waals surface area contributed by atoms with E-state index in [2.05, 4.69) is 4.18 Å². The first-order valence-corrected chi connectivity index (χ1v) is 7.72. The Bertz CT molecular complexity index is 1030. The van der Waals surface area contributed by atoms with E-state index in [9.17, 15) is 18.3 Å². The molecule has 0 amide bonds. The molecule has 0 radical (unpaired) electrons. The lowest BCUT2D eigenvalue weighted by atomic mass is 10.1. The van der Waals surface area contributed by atoms with Gasteiger partial charge in [-0.2, -0.15) is 8.42 Å². The van der Waals surface area contributed by atoms with Gasteiger partial charge in [0.1, 0.15) is 23.3 Å². The van der Waals surface area contributed by atoms with E-state index in [-0.39, 0.29) is 28.1 Å². The average molecular weight is 334 g/mol. The third-order valence-electron chi connectivity index (χ3n) is 3.13. The molecule has 0 saturated heterocycles. The Morgan fingerprint density at radius 2 is 1.74 bits per heavy atom. The van der Waals surface area contributed by atoms with Crippen molar-refractivity contribution < 1.29 is 26.7 Å². The highest BCUT2D eigenvalue weighted by molar-refractivity contribution is 7.81. The second-order valence-electron chi connectivity index (χ2n) is 4.69. The van der Waals surface area contributed by atoms with Crippen molar-refractivity contribution >= 4 is 21.4 Å². The van der Waals surface area contributed by atoms with E-state index >= 15 is 0 Å². The number of benzene rings is 2. The standard InChI is InChI=1S/C15H10O7S/c16-10-3-6-12-14(7-10)21-8-13(15(12)17)9-1-4-11(5-2-9)22-23(18,19)20/h1-8,16H,(H,18,19,20). The van der Waals surface area contributed by atoms with Crippen molar-refractivity contribution in [2.24, 2.45) is 0 Å². The van der Waals surface area contributed by atoms with Crippen molar-refractivity contribution in [2.75, 3.05) is 0 Å². The lowest BCUT2D eigenvalue weighted by molar-refractivity contribution is 0.387. The molecule has 0 aliphatic heterocycles. The molecule has 8 heteroatoms. The van der Waals surface area contributed by atoms with Gasteiger partial charge in [0.05, 0.1) is 10.9 Å². The van der Waals surface area contributed by atoms with E-state index in [1.54, 1.807) is 0 Å². The zero-order valence-electron chi connectivity index (χ0n) is 11.5. The van der Waals surface area contributed by atoms with Gasteiger partial charge in [-0.05, 0) is 29.8 Å². The molecule has 0 atom stereocenters. The van der Waals surface area contributed by atoms with Crippen molar-refractivity contribution in [1.82, 2.24) is 0 Å². The second kappa shape index (κ2) is 5.41. The third-order valence-corrected chi connectivity index (χ3v) is 3.53.